The molecule has 0 aromatic carbocycles. The van der Waals surface area contributed by atoms with E-state index >= 15 is 0 Å². The first-order chi connectivity index (χ1) is 8.40. The molecule has 1 heterocycles. The van der Waals surface area contributed by atoms with Gasteiger partial charge in [0.1, 0.15) is 0 Å². The van der Waals surface area contributed by atoms with Crippen LogP contribution in [0.3, 0.4) is 0 Å². The van der Waals surface area contributed by atoms with Gasteiger partial charge in [0.25, 0.3) is 5.91 Å². The molecular formula is C12H17N3O3. The van der Waals surface area contributed by atoms with Gasteiger partial charge in [0.05, 0.1) is 6.54 Å². The summed E-state index contributed by atoms with van der Waals surface area (Å²) in [4.78, 5) is 38.0. The first-order valence-corrected chi connectivity index (χ1v) is 5.66. The molecule has 0 saturated heterocycles. The number of pyridine rings is 1. The molecule has 0 aliphatic rings. The van der Waals surface area contributed by atoms with Crippen LogP contribution < -0.4 is 11.3 Å². The second kappa shape index (κ2) is 6.00. The lowest BCUT2D eigenvalue weighted by Gasteiger charge is -2.23. The number of amides is 2. The van der Waals surface area contributed by atoms with E-state index in [1.165, 1.54) is 23.2 Å². The van der Waals surface area contributed by atoms with E-state index in [9.17, 15) is 14.4 Å². The molecule has 1 rings (SSSR count). The van der Waals surface area contributed by atoms with Crippen LogP contribution >= 0.6 is 0 Å². The quantitative estimate of drug-likeness (QED) is 0.768. The van der Waals surface area contributed by atoms with Crippen LogP contribution in [0.5, 0.6) is 0 Å². The Labute approximate surface area is 105 Å². The van der Waals surface area contributed by atoms with Crippen molar-refractivity contribution in [3.8, 4) is 0 Å². The van der Waals surface area contributed by atoms with Gasteiger partial charge in [0, 0.05) is 24.4 Å². The third-order valence-electron chi connectivity index (χ3n) is 2.24. The molecule has 6 nitrogen and oxygen atoms in total. The molecule has 0 radical (unpaired) electrons. The molecule has 0 atom stereocenters. The summed E-state index contributed by atoms with van der Waals surface area (Å²) in [5.41, 5.74) is 5.01. The molecular weight excluding hydrogens is 234 g/mol. The van der Waals surface area contributed by atoms with Crippen molar-refractivity contribution in [2.24, 2.45) is 11.7 Å². The zero-order valence-corrected chi connectivity index (χ0v) is 10.5. The molecule has 2 amide bonds. The van der Waals surface area contributed by atoms with Gasteiger partial charge in [-0.2, -0.15) is 0 Å². The minimum absolute atomic E-state index is 0.149. The molecule has 3 N–H and O–H groups in total. The SMILES string of the molecule is CC(C)CN(CC(N)=O)C(=O)c1cc[nH]c(=O)c1. The number of aromatic amines is 1. The third kappa shape index (κ3) is 4.04. The van der Waals surface area contributed by atoms with E-state index < -0.39 is 5.91 Å². The number of carbonyl (C=O) groups excluding carboxylic acids is 2. The van der Waals surface area contributed by atoms with E-state index in [2.05, 4.69) is 4.98 Å². The average molecular weight is 251 g/mol. The molecule has 98 valence electrons. The van der Waals surface area contributed by atoms with E-state index in [4.69, 9.17) is 5.73 Å². The Hall–Kier alpha value is -2.11. The summed E-state index contributed by atoms with van der Waals surface area (Å²) >= 11 is 0. The van der Waals surface area contributed by atoms with E-state index in [0.717, 1.165) is 0 Å². The van der Waals surface area contributed by atoms with Gasteiger partial charge in [-0.25, -0.2) is 0 Å². The Kier molecular flexibility index (Phi) is 4.65. The number of primary amides is 1. The Balaban J connectivity index is 2.94. The Morgan fingerprint density at radius 3 is 2.61 bits per heavy atom. The van der Waals surface area contributed by atoms with E-state index in [-0.39, 0.29) is 29.5 Å². The summed E-state index contributed by atoms with van der Waals surface area (Å²) in [6.45, 7) is 4.12. The standard InChI is InChI=1S/C12H17N3O3/c1-8(2)6-15(7-10(13)16)12(18)9-3-4-14-11(17)5-9/h3-5,8H,6-7H2,1-2H3,(H2,13,16)(H,14,17). The predicted octanol–water partition coefficient (Wildman–Crippen LogP) is -0.0416. The molecule has 0 fully saturated rings. The number of nitrogens with one attached hydrogen (secondary N) is 1. The summed E-state index contributed by atoms with van der Waals surface area (Å²) in [5, 5.41) is 0. The van der Waals surface area contributed by atoms with Gasteiger partial charge < -0.3 is 15.6 Å². The van der Waals surface area contributed by atoms with Crippen LogP contribution in [0, 0.1) is 5.92 Å². The normalized spacial score (nSPS) is 10.4. The third-order valence-corrected chi connectivity index (χ3v) is 2.24. The molecule has 1 aromatic heterocycles. The summed E-state index contributed by atoms with van der Waals surface area (Å²) in [5.74, 6) is -0.738. The highest BCUT2D eigenvalue weighted by atomic mass is 16.2. The molecule has 0 aliphatic heterocycles. The van der Waals surface area contributed by atoms with Crippen molar-refractivity contribution < 1.29 is 9.59 Å². The number of hydrogen-bond donors (Lipinski definition) is 2. The number of aromatic nitrogens is 1. The fraction of sp³-hybridized carbons (Fsp3) is 0.417. The summed E-state index contributed by atoms with van der Waals surface area (Å²) < 4.78 is 0. The van der Waals surface area contributed by atoms with E-state index in [0.29, 0.717) is 6.54 Å². The van der Waals surface area contributed by atoms with Gasteiger partial charge in [-0.05, 0) is 12.0 Å². The first kappa shape index (κ1) is 14.0. The van der Waals surface area contributed by atoms with Crippen LogP contribution in [0.1, 0.15) is 24.2 Å². The second-order valence-corrected chi connectivity index (χ2v) is 4.49. The summed E-state index contributed by atoms with van der Waals surface area (Å²) in [6.07, 6.45) is 1.40. The average Bonchev–Trinajstić information content (AvgIpc) is 2.26. The van der Waals surface area contributed by atoms with Gasteiger partial charge in [-0.3, -0.25) is 14.4 Å². The van der Waals surface area contributed by atoms with Crippen molar-refractivity contribution in [2.45, 2.75) is 13.8 Å². The van der Waals surface area contributed by atoms with E-state index in [1.807, 2.05) is 13.8 Å². The highest BCUT2D eigenvalue weighted by molar-refractivity contribution is 5.96. The maximum absolute atomic E-state index is 12.1. The molecule has 18 heavy (non-hydrogen) atoms. The number of H-pyrrole nitrogens is 1. The number of nitrogens with zero attached hydrogens (tertiary/aromatic N) is 1. The summed E-state index contributed by atoms with van der Waals surface area (Å²) in [6, 6.07) is 2.70. The van der Waals surface area contributed by atoms with Gasteiger partial charge in [-0.15, -0.1) is 0 Å². The molecule has 0 unspecified atom stereocenters. The molecule has 1 aromatic rings. The van der Waals surface area contributed by atoms with Crippen LogP contribution in [0.15, 0.2) is 23.1 Å². The highest BCUT2D eigenvalue weighted by Gasteiger charge is 2.18. The minimum atomic E-state index is -0.575. The first-order valence-electron chi connectivity index (χ1n) is 5.66. The number of nitrogens with two attached hydrogens (primary N) is 1. The lowest BCUT2D eigenvalue weighted by Crippen LogP contribution is -2.40. The fourth-order valence-corrected chi connectivity index (χ4v) is 1.61. The van der Waals surface area contributed by atoms with Crippen molar-refractivity contribution in [1.82, 2.24) is 9.88 Å². The predicted molar refractivity (Wildman–Crippen MR) is 67.0 cm³/mol. The highest BCUT2D eigenvalue weighted by Crippen LogP contribution is 2.05. The lowest BCUT2D eigenvalue weighted by atomic mass is 10.1. The van der Waals surface area contributed by atoms with Crippen LogP contribution in [-0.2, 0) is 4.79 Å². The fourth-order valence-electron chi connectivity index (χ4n) is 1.61. The largest absolute Gasteiger partial charge is 0.368 e. The van der Waals surface area contributed by atoms with Crippen LogP contribution in [0.2, 0.25) is 0 Å². The minimum Gasteiger partial charge on any atom is -0.368 e. The topological polar surface area (TPSA) is 96.3 Å². The molecule has 0 bridgehead atoms. The maximum Gasteiger partial charge on any atom is 0.254 e. The molecule has 6 heteroatoms. The number of rotatable bonds is 5. The number of carbonyl (C=O) groups is 2. The summed E-state index contributed by atoms with van der Waals surface area (Å²) in [7, 11) is 0. The zero-order valence-electron chi connectivity index (χ0n) is 10.5. The zero-order chi connectivity index (χ0) is 13.7. The molecule has 0 aliphatic carbocycles. The smallest absolute Gasteiger partial charge is 0.254 e. The van der Waals surface area contributed by atoms with Crippen LogP contribution in [0.4, 0.5) is 0 Å². The van der Waals surface area contributed by atoms with Crippen molar-refractivity contribution in [3.05, 3.63) is 34.2 Å². The Morgan fingerprint density at radius 1 is 1.44 bits per heavy atom. The van der Waals surface area contributed by atoms with Crippen molar-refractivity contribution in [1.29, 1.82) is 0 Å². The van der Waals surface area contributed by atoms with E-state index in [1.54, 1.807) is 0 Å². The second-order valence-electron chi connectivity index (χ2n) is 4.49. The molecule has 0 saturated carbocycles. The van der Waals surface area contributed by atoms with Crippen molar-refractivity contribution in [3.63, 3.8) is 0 Å². The lowest BCUT2D eigenvalue weighted by molar-refractivity contribution is -0.118. The van der Waals surface area contributed by atoms with Gasteiger partial charge >= 0.3 is 0 Å². The van der Waals surface area contributed by atoms with Crippen LogP contribution in [-0.4, -0.2) is 34.8 Å². The molecule has 0 spiro atoms. The van der Waals surface area contributed by atoms with Gasteiger partial charge in [-0.1, -0.05) is 13.8 Å². The van der Waals surface area contributed by atoms with Crippen molar-refractivity contribution >= 4 is 11.8 Å². The van der Waals surface area contributed by atoms with Crippen molar-refractivity contribution in [2.75, 3.05) is 13.1 Å². The van der Waals surface area contributed by atoms with Gasteiger partial charge in [0.2, 0.25) is 11.5 Å². The maximum atomic E-state index is 12.1. The monoisotopic (exact) mass is 251 g/mol. The Bertz CT molecular complexity index is 493. The van der Waals surface area contributed by atoms with Gasteiger partial charge in [0.15, 0.2) is 0 Å². The Morgan fingerprint density at radius 2 is 2.11 bits per heavy atom. The number of hydrogen-bond acceptors (Lipinski definition) is 3. The van der Waals surface area contributed by atoms with Crippen LogP contribution in [0.25, 0.3) is 0 Å².